The first-order chi connectivity index (χ1) is 23.3. The number of primary amides is 1. The van der Waals surface area contributed by atoms with E-state index in [0.717, 1.165) is 34.5 Å². The van der Waals surface area contributed by atoms with Gasteiger partial charge in [-0.15, -0.1) is 17.3 Å². The smallest absolute Gasteiger partial charge is 0.246 e. The number of nitrogens with two attached hydrogens (primary N) is 2. The first kappa shape index (κ1) is 39.6. The molecule has 0 bridgehead atoms. The molecule has 49 heavy (non-hydrogen) atoms. The molecule has 4 amide bonds. The van der Waals surface area contributed by atoms with E-state index in [1.165, 1.54) is 4.90 Å². The highest BCUT2D eigenvalue weighted by Crippen LogP contribution is 2.28. The van der Waals surface area contributed by atoms with Gasteiger partial charge >= 0.3 is 0 Å². The predicted octanol–water partition coefficient (Wildman–Crippen LogP) is 2.79. The number of nitrogens with zero attached hydrogens (tertiary/aromatic N) is 2. The average molecular weight is 697 g/mol. The lowest BCUT2D eigenvalue weighted by molar-refractivity contribution is -0.144. The molecule has 1 aliphatic rings. The van der Waals surface area contributed by atoms with Crippen LogP contribution in [0.2, 0.25) is 0 Å². The number of carbonyl (C=O) groups is 4. The van der Waals surface area contributed by atoms with Crippen LogP contribution in [-0.2, 0) is 30.5 Å². The third-order valence-corrected chi connectivity index (χ3v) is 9.29. The van der Waals surface area contributed by atoms with Gasteiger partial charge in [-0.2, -0.15) is 0 Å². The summed E-state index contributed by atoms with van der Waals surface area (Å²) in [5.74, 6) is 4.64. The van der Waals surface area contributed by atoms with Crippen molar-refractivity contribution < 1.29 is 29.0 Å². The number of aliphatic hydroxyl groups excluding tert-OH is 1. The number of unbranched alkanes of at least 4 members (excludes halogenated alkanes) is 3. The summed E-state index contributed by atoms with van der Waals surface area (Å²) in [6.07, 6.45) is 3.18. The Morgan fingerprint density at radius 3 is 2.51 bits per heavy atom. The Morgan fingerprint density at radius 2 is 1.86 bits per heavy atom. The number of carbonyl (C=O) groups excluding carboxylic acids is 4. The number of thiazole rings is 1. The van der Waals surface area contributed by atoms with Crippen molar-refractivity contribution >= 4 is 35.0 Å². The number of aryl methyl sites for hydroxylation is 1. The zero-order valence-electron chi connectivity index (χ0n) is 29.1. The van der Waals surface area contributed by atoms with E-state index >= 15 is 0 Å². The molecule has 13 heteroatoms. The molecular weight excluding hydrogens is 644 g/mol. The van der Waals surface area contributed by atoms with E-state index in [4.69, 9.17) is 16.2 Å². The van der Waals surface area contributed by atoms with E-state index in [1.54, 1.807) is 11.3 Å². The number of amides is 4. The summed E-state index contributed by atoms with van der Waals surface area (Å²) < 4.78 is 5.41. The van der Waals surface area contributed by atoms with Crippen molar-refractivity contribution in [2.24, 2.45) is 16.9 Å². The van der Waals surface area contributed by atoms with Gasteiger partial charge in [-0.25, -0.2) is 4.98 Å². The fourth-order valence-electron chi connectivity index (χ4n) is 5.50. The second-order valence-electron chi connectivity index (χ2n) is 13.6. The Kier molecular flexibility index (Phi) is 15.7. The van der Waals surface area contributed by atoms with Gasteiger partial charge < -0.3 is 36.8 Å². The molecule has 1 aromatic heterocycles. The predicted molar refractivity (Wildman–Crippen MR) is 190 cm³/mol. The first-order valence-electron chi connectivity index (χ1n) is 16.9. The Balaban J connectivity index is 1.43. The summed E-state index contributed by atoms with van der Waals surface area (Å²) in [5, 5.41) is 16.3. The van der Waals surface area contributed by atoms with Crippen molar-refractivity contribution in [3.05, 3.63) is 41.0 Å². The minimum atomic E-state index is -0.863. The molecule has 2 heterocycles. The molecule has 4 atom stereocenters. The lowest BCUT2D eigenvalue weighted by Gasteiger charge is -2.35. The summed E-state index contributed by atoms with van der Waals surface area (Å²) in [7, 11) is 0. The fourth-order valence-corrected chi connectivity index (χ4v) is 6.31. The highest BCUT2D eigenvalue weighted by Gasteiger charge is 2.44. The van der Waals surface area contributed by atoms with Gasteiger partial charge in [0, 0.05) is 44.8 Å². The second kappa shape index (κ2) is 19.4. The Bertz CT molecular complexity index is 1460. The van der Waals surface area contributed by atoms with Crippen LogP contribution in [0.3, 0.4) is 0 Å². The lowest BCUT2D eigenvalue weighted by atomic mass is 9.85. The van der Waals surface area contributed by atoms with Gasteiger partial charge in [0.05, 0.1) is 28.8 Å². The monoisotopic (exact) mass is 696 g/mol. The number of ether oxygens (including phenoxy) is 1. The molecule has 0 saturated carbocycles. The third-order valence-electron chi connectivity index (χ3n) is 8.31. The molecule has 2 aromatic rings. The van der Waals surface area contributed by atoms with Crippen molar-refractivity contribution in [2.45, 2.75) is 110 Å². The highest BCUT2D eigenvalue weighted by molar-refractivity contribution is 7.13. The van der Waals surface area contributed by atoms with Crippen LogP contribution in [0.15, 0.2) is 29.8 Å². The van der Waals surface area contributed by atoms with Gasteiger partial charge in [-0.05, 0) is 42.7 Å². The molecule has 3 rings (SSSR count). The number of hydrogen-bond donors (Lipinski definition) is 5. The van der Waals surface area contributed by atoms with E-state index < -0.39 is 23.6 Å². The standard InChI is InChI=1S/C36H52N6O6S/c1-24-32(49-23-40-24)26-14-12-25(13-15-26)20-39-34(46)29-19-28(43)21-42(29)35(47)33(36(2,3)4)41-31(45)11-9-7-5-6-8-10-18-48-22-27(37)16-17-30(38)44/h12-15,23,27-29,33,43H,5-7,9,11,16-22,37H2,1-4H3,(H2,38,44)(H,39,46)(H,41,45)/t27-,28+,29-,33+/m0/s1. The molecular formula is C36H52N6O6S. The average Bonchev–Trinajstić information content (AvgIpc) is 3.66. The van der Waals surface area contributed by atoms with Crippen LogP contribution in [0.4, 0.5) is 0 Å². The van der Waals surface area contributed by atoms with E-state index in [2.05, 4.69) is 27.5 Å². The van der Waals surface area contributed by atoms with Crippen LogP contribution in [0.5, 0.6) is 0 Å². The maximum Gasteiger partial charge on any atom is 0.246 e. The van der Waals surface area contributed by atoms with Crippen LogP contribution < -0.4 is 22.1 Å². The summed E-state index contributed by atoms with van der Waals surface area (Å²) in [5.41, 5.74) is 15.1. The topological polar surface area (TPSA) is 190 Å². The molecule has 0 aliphatic carbocycles. The van der Waals surface area contributed by atoms with Crippen molar-refractivity contribution in [2.75, 3.05) is 19.8 Å². The van der Waals surface area contributed by atoms with E-state index in [-0.39, 0.29) is 68.6 Å². The van der Waals surface area contributed by atoms with Gasteiger partial charge in [0.2, 0.25) is 23.6 Å². The number of aliphatic hydroxyl groups is 1. The quantitative estimate of drug-likeness (QED) is 0.123. The fraction of sp³-hybridized carbons (Fsp3) is 0.583. The summed E-state index contributed by atoms with van der Waals surface area (Å²) in [6.45, 7) is 8.44. The zero-order chi connectivity index (χ0) is 36.0. The Hall–Kier alpha value is -3.83. The highest BCUT2D eigenvalue weighted by atomic mass is 32.1. The lowest BCUT2D eigenvalue weighted by Crippen LogP contribution is -2.57. The zero-order valence-corrected chi connectivity index (χ0v) is 29.9. The SMILES string of the molecule is Cc1ncsc1-c1ccc(CNC(=O)[C@@H]2C[C@@H](O)CN2C(=O)[C@@H](NC(=O)CCCCCC#CCOC[C@@H](N)CCC(N)=O)C(C)(C)C)cc1. The van der Waals surface area contributed by atoms with Crippen LogP contribution in [0.1, 0.15) is 83.4 Å². The van der Waals surface area contributed by atoms with Crippen molar-refractivity contribution in [3.8, 4) is 22.3 Å². The molecule has 0 radical (unpaired) electrons. The Morgan fingerprint density at radius 1 is 1.12 bits per heavy atom. The molecule has 1 saturated heterocycles. The molecule has 0 spiro atoms. The Labute approximate surface area is 293 Å². The van der Waals surface area contributed by atoms with E-state index in [1.807, 2.05) is 57.5 Å². The molecule has 0 unspecified atom stereocenters. The van der Waals surface area contributed by atoms with Crippen molar-refractivity contribution in [1.29, 1.82) is 0 Å². The molecule has 1 aliphatic heterocycles. The number of benzene rings is 1. The molecule has 1 aromatic carbocycles. The number of likely N-dealkylation sites (tertiary alicyclic amines) is 1. The number of aromatic nitrogens is 1. The largest absolute Gasteiger partial charge is 0.391 e. The van der Waals surface area contributed by atoms with Crippen LogP contribution in [-0.4, -0.2) is 82.6 Å². The minimum absolute atomic E-state index is 0.0242. The number of hydrogen-bond acceptors (Lipinski definition) is 9. The van der Waals surface area contributed by atoms with Crippen molar-refractivity contribution in [1.82, 2.24) is 20.5 Å². The van der Waals surface area contributed by atoms with Gasteiger partial charge in [0.15, 0.2) is 0 Å². The van der Waals surface area contributed by atoms with Gasteiger partial charge in [-0.3, -0.25) is 19.2 Å². The first-order valence-corrected chi connectivity index (χ1v) is 17.8. The summed E-state index contributed by atoms with van der Waals surface area (Å²) in [4.78, 5) is 57.7. The molecule has 12 nitrogen and oxygen atoms in total. The maximum absolute atomic E-state index is 13.8. The number of rotatable bonds is 17. The van der Waals surface area contributed by atoms with Crippen LogP contribution >= 0.6 is 11.3 Å². The van der Waals surface area contributed by atoms with Gasteiger partial charge in [0.25, 0.3) is 0 Å². The van der Waals surface area contributed by atoms with Crippen LogP contribution in [0.25, 0.3) is 10.4 Å². The van der Waals surface area contributed by atoms with Crippen molar-refractivity contribution in [3.63, 3.8) is 0 Å². The third kappa shape index (κ3) is 13.2. The van der Waals surface area contributed by atoms with Gasteiger partial charge in [-0.1, -0.05) is 57.4 Å². The van der Waals surface area contributed by atoms with Crippen LogP contribution in [0, 0.1) is 24.2 Å². The molecule has 268 valence electrons. The summed E-state index contributed by atoms with van der Waals surface area (Å²) in [6, 6.07) is 5.94. The second-order valence-corrected chi connectivity index (χ2v) is 14.5. The molecule has 7 N–H and O–H groups in total. The number of nitrogens with one attached hydrogen (secondary N) is 2. The van der Waals surface area contributed by atoms with E-state index in [9.17, 15) is 24.3 Å². The maximum atomic E-state index is 13.8. The minimum Gasteiger partial charge on any atom is -0.391 e. The van der Waals surface area contributed by atoms with Gasteiger partial charge in [0.1, 0.15) is 18.7 Å². The number of β-amino-alcohol motifs (C(OH)–C–C–N with tert-alkyl or cyclic N) is 1. The summed E-state index contributed by atoms with van der Waals surface area (Å²) >= 11 is 1.58. The molecule has 1 fully saturated rings. The normalized spacial score (nSPS) is 17.1. The van der Waals surface area contributed by atoms with E-state index in [0.29, 0.717) is 25.9 Å².